The van der Waals surface area contributed by atoms with E-state index in [-0.39, 0.29) is 11.9 Å². The zero-order valence-corrected chi connectivity index (χ0v) is 9.26. The van der Waals surface area contributed by atoms with Crippen LogP contribution in [0.4, 0.5) is 0 Å². The molecular weight excluding hydrogens is 198 g/mol. The first-order chi connectivity index (χ1) is 6.63. The summed E-state index contributed by atoms with van der Waals surface area (Å²) in [4.78, 5) is 11.2. The number of nitrogens with zero attached hydrogens (tertiary/aromatic N) is 2. The van der Waals surface area contributed by atoms with Gasteiger partial charge in [-0.05, 0) is 26.8 Å². The maximum absolute atomic E-state index is 11.2. The van der Waals surface area contributed by atoms with E-state index in [9.17, 15) is 4.79 Å². The summed E-state index contributed by atoms with van der Waals surface area (Å²) in [5.74, 6) is -0.104. The lowest BCUT2D eigenvalue weighted by Crippen LogP contribution is -2.24. The highest BCUT2D eigenvalue weighted by Crippen LogP contribution is 2.16. The van der Waals surface area contributed by atoms with Gasteiger partial charge in [-0.15, -0.1) is 10.2 Å². The molecule has 0 aromatic carbocycles. The van der Waals surface area contributed by atoms with Crippen molar-refractivity contribution in [3.05, 3.63) is 22.2 Å². The molecule has 0 bridgehead atoms. The predicted molar refractivity (Wildman–Crippen MR) is 56.0 cm³/mol. The number of amides is 1. The smallest absolute Gasteiger partial charge is 0.244 e. The number of hydrogen-bond acceptors (Lipinski definition) is 4. The van der Waals surface area contributed by atoms with Gasteiger partial charge in [0.05, 0.1) is 6.04 Å². The Morgan fingerprint density at radius 3 is 2.79 bits per heavy atom. The van der Waals surface area contributed by atoms with Crippen LogP contribution in [-0.2, 0) is 4.79 Å². The van der Waals surface area contributed by atoms with Crippen LogP contribution >= 0.6 is 11.3 Å². The summed E-state index contributed by atoms with van der Waals surface area (Å²) in [6.45, 7) is 5.59. The van der Waals surface area contributed by atoms with Gasteiger partial charge in [0.2, 0.25) is 5.91 Å². The molecule has 0 saturated carbocycles. The van der Waals surface area contributed by atoms with Gasteiger partial charge in [-0.1, -0.05) is 17.4 Å². The van der Waals surface area contributed by atoms with Crippen molar-refractivity contribution < 1.29 is 4.79 Å². The van der Waals surface area contributed by atoms with Gasteiger partial charge < -0.3 is 5.32 Å². The van der Waals surface area contributed by atoms with Crippen molar-refractivity contribution in [3.8, 4) is 0 Å². The number of carbonyl (C=O) groups excluding carboxylic acids is 1. The minimum absolute atomic E-state index is 0.0788. The Bertz CT molecular complexity index is 346. The Hall–Kier alpha value is -1.23. The molecule has 1 unspecified atom stereocenters. The second-order valence-electron chi connectivity index (χ2n) is 2.89. The normalized spacial score (nSPS) is 13.1. The molecule has 1 atom stereocenters. The molecule has 0 spiro atoms. The molecule has 14 heavy (non-hydrogen) atoms. The minimum Gasteiger partial charge on any atom is -0.344 e. The van der Waals surface area contributed by atoms with E-state index in [1.165, 1.54) is 17.4 Å². The number of nitrogens with one attached hydrogen (secondary N) is 1. The Labute approximate surface area is 87.1 Å². The minimum atomic E-state index is -0.104. The predicted octanol–water partition coefficient (Wildman–Crippen LogP) is 1.60. The zero-order valence-electron chi connectivity index (χ0n) is 8.44. The van der Waals surface area contributed by atoms with Gasteiger partial charge in [-0.2, -0.15) is 0 Å². The molecule has 1 heterocycles. The van der Waals surface area contributed by atoms with Crippen LogP contribution in [0.5, 0.6) is 0 Å². The Morgan fingerprint density at radius 1 is 1.57 bits per heavy atom. The van der Waals surface area contributed by atoms with Gasteiger partial charge in [-0.25, -0.2) is 0 Å². The monoisotopic (exact) mass is 211 g/mol. The van der Waals surface area contributed by atoms with Gasteiger partial charge in [0, 0.05) is 0 Å². The van der Waals surface area contributed by atoms with Crippen LogP contribution in [0.1, 0.15) is 29.9 Å². The fraction of sp³-hybridized carbons (Fsp3) is 0.444. The van der Waals surface area contributed by atoms with Crippen LogP contribution < -0.4 is 5.32 Å². The molecule has 1 aromatic heterocycles. The number of rotatable bonds is 3. The maximum atomic E-state index is 11.2. The van der Waals surface area contributed by atoms with Gasteiger partial charge >= 0.3 is 0 Å². The van der Waals surface area contributed by atoms with Gasteiger partial charge in [0.1, 0.15) is 10.0 Å². The van der Waals surface area contributed by atoms with Crippen molar-refractivity contribution in [2.45, 2.75) is 26.8 Å². The summed E-state index contributed by atoms with van der Waals surface area (Å²) in [5, 5.41) is 12.4. The fourth-order valence-corrected chi connectivity index (χ4v) is 1.66. The molecule has 1 aromatic rings. The molecule has 1 N–H and O–H groups in total. The largest absolute Gasteiger partial charge is 0.344 e. The third kappa shape index (κ3) is 2.92. The molecule has 76 valence electrons. The van der Waals surface area contributed by atoms with E-state index < -0.39 is 0 Å². The Kier molecular flexibility index (Phi) is 3.76. The molecule has 5 heteroatoms. The number of carbonyl (C=O) groups is 1. The summed E-state index contributed by atoms with van der Waals surface area (Å²) in [6, 6.07) is -0.0788. The SMILES string of the molecule is C/C=C/C(=O)NC(C)c1nnc(C)s1. The van der Waals surface area contributed by atoms with Crippen LogP contribution in [-0.4, -0.2) is 16.1 Å². The summed E-state index contributed by atoms with van der Waals surface area (Å²) in [6.07, 6.45) is 3.19. The standard InChI is InChI=1S/C9H13N3OS/c1-4-5-8(13)10-6(2)9-12-11-7(3)14-9/h4-6H,1-3H3,(H,10,13)/b5-4+. The van der Waals surface area contributed by atoms with E-state index in [1.807, 2.05) is 13.8 Å². The van der Waals surface area contributed by atoms with E-state index in [1.54, 1.807) is 13.0 Å². The Balaban J connectivity index is 2.58. The van der Waals surface area contributed by atoms with Crippen molar-refractivity contribution in [2.24, 2.45) is 0 Å². The first-order valence-corrected chi connectivity index (χ1v) is 5.18. The second kappa shape index (κ2) is 4.85. The van der Waals surface area contributed by atoms with Crippen LogP contribution in [0.25, 0.3) is 0 Å². The average Bonchev–Trinajstić information content (AvgIpc) is 2.52. The zero-order chi connectivity index (χ0) is 10.6. The number of aryl methyl sites for hydroxylation is 1. The summed E-state index contributed by atoms with van der Waals surface area (Å²) < 4.78 is 0. The van der Waals surface area contributed by atoms with Crippen LogP contribution in [0.2, 0.25) is 0 Å². The van der Waals surface area contributed by atoms with Gasteiger partial charge in [-0.3, -0.25) is 4.79 Å². The molecule has 0 aliphatic rings. The average molecular weight is 211 g/mol. The van der Waals surface area contributed by atoms with Crippen molar-refractivity contribution in [3.63, 3.8) is 0 Å². The lowest BCUT2D eigenvalue weighted by molar-refractivity contribution is -0.117. The summed E-state index contributed by atoms with van der Waals surface area (Å²) in [7, 11) is 0. The van der Waals surface area contributed by atoms with Crippen LogP contribution in [0, 0.1) is 6.92 Å². The highest BCUT2D eigenvalue weighted by atomic mass is 32.1. The first-order valence-electron chi connectivity index (χ1n) is 4.36. The van der Waals surface area contributed by atoms with E-state index in [4.69, 9.17) is 0 Å². The molecule has 1 rings (SSSR count). The fourth-order valence-electron chi connectivity index (χ4n) is 0.961. The lowest BCUT2D eigenvalue weighted by atomic mass is 10.3. The van der Waals surface area contributed by atoms with E-state index in [0.717, 1.165) is 10.0 Å². The number of allylic oxidation sites excluding steroid dienone is 1. The quantitative estimate of drug-likeness (QED) is 0.773. The van der Waals surface area contributed by atoms with Crippen molar-refractivity contribution >= 4 is 17.2 Å². The topological polar surface area (TPSA) is 54.9 Å². The molecule has 0 radical (unpaired) electrons. The van der Waals surface area contributed by atoms with Crippen molar-refractivity contribution in [2.75, 3.05) is 0 Å². The molecule has 0 saturated heterocycles. The van der Waals surface area contributed by atoms with Crippen LogP contribution in [0.3, 0.4) is 0 Å². The lowest BCUT2D eigenvalue weighted by Gasteiger charge is -2.07. The van der Waals surface area contributed by atoms with Crippen LogP contribution in [0.15, 0.2) is 12.2 Å². The molecule has 0 aliphatic carbocycles. The van der Waals surface area contributed by atoms with Gasteiger partial charge in [0.15, 0.2) is 0 Å². The highest BCUT2D eigenvalue weighted by Gasteiger charge is 2.11. The van der Waals surface area contributed by atoms with E-state index in [2.05, 4.69) is 15.5 Å². The number of aromatic nitrogens is 2. The highest BCUT2D eigenvalue weighted by molar-refractivity contribution is 7.11. The summed E-state index contributed by atoms with van der Waals surface area (Å²) in [5.41, 5.74) is 0. The first kappa shape index (κ1) is 10.8. The third-order valence-corrected chi connectivity index (χ3v) is 2.61. The number of hydrogen-bond donors (Lipinski definition) is 1. The molecule has 4 nitrogen and oxygen atoms in total. The molecule has 1 amide bonds. The van der Waals surface area contributed by atoms with Gasteiger partial charge in [0.25, 0.3) is 0 Å². The third-order valence-electron chi connectivity index (χ3n) is 1.59. The second-order valence-corrected chi connectivity index (χ2v) is 4.10. The Morgan fingerprint density at radius 2 is 2.29 bits per heavy atom. The van der Waals surface area contributed by atoms with Crippen molar-refractivity contribution in [1.29, 1.82) is 0 Å². The van der Waals surface area contributed by atoms with E-state index >= 15 is 0 Å². The maximum Gasteiger partial charge on any atom is 0.244 e. The summed E-state index contributed by atoms with van der Waals surface area (Å²) >= 11 is 1.49. The molecular formula is C9H13N3OS. The van der Waals surface area contributed by atoms with Crippen molar-refractivity contribution in [1.82, 2.24) is 15.5 Å². The van der Waals surface area contributed by atoms with E-state index in [0.29, 0.717) is 0 Å². The molecule has 0 aliphatic heterocycles. The molecule has 0 fully saturated rings.